The van der Waals surface area contributed by atoms with E-state index in [1.54, 1.807) is 0 Å². The normalized spacial score (nSPS) is 32.8. The summed E-state index contributed by atoms with van der Waals surface area (Å²) in [5.74, 6) is 0. The minimum Gasteiger partial charge on any atom is -0.367 e. The lowest BCUT2D eigenvalue weighted by molar-refractivity contribution is -0.0575. The van der Waals surface area contributed by atoms with Gasteiger partial charge < -0.3 is 20.7 Å². The van der Waals surface area contributed by atoms with E-state index in [2.05, 4.69) is 0 Å². The molecule has 0 saturated carbocycles. The van der Waals surface area contributed by atoms with Gasteiger partial charge in [-0.25, -0.2) is 0 Å². The van der Waals surface area contributed by atoms with Crippen molar-refractivity contribution in [2.45, 2.75) is 31.0 Å². The Bertz CT molecular complexity index is 260. The minimum absolute atomic E-state index is 0.197. The molecule has 4 heteroatoms. The van der Waals surface area contributed by atoms with Crippen molar-refractivity contribution >= 4 is 0 Å². The lowest BCUT2D eigenvalue weighted by Crippen LogP contribution is -2.34. The van der Waals surface area contributed by atoms with Gasteiger partial charge in [0.15, 0.2) is 6.29 Å². The standard InChI is InChI=1S/C9H13NO3/c10-6(9(11)12)3-5-1-2-7-8(4-5)13-7/h1-2,4,6-9,11-12H,3,10H2/t6-,7-,8+/m0/s1. The van der Waals surface area contributed by atoms with Crippen molar-refractivity contribution in [1.82, 2.24) is 0 Å². The third-order valence-corrected chi connectivity index (χ3v) is 2.29. The molecule has 0 aromatic rings. The SMILES string of the molecule is N[C@@H](CC1=C[C@H]2O[C@H]2C=C1)C(O)O. The summed E-state index contributed by atoms with van der Waals surface area (Å²) >= 11 is 0. The molecule has 2 rings (SSSR count). The van der Waals surface area contributed by atoms with Gasteiger partial charge in [-0.1, -0.05) is 12.2 Å². The molecule has 13 heavy (non-hydrogen) atoms. The van der Waals surface area contributed by atoms with Gasteiger partial charge in [0.1, 0.15) is 12.2 Å². The Morgan fingerprint density at radius 3 is 2.85 bits per heavy atom. The van der Waals surface area contributed by atoms with E-state index in [1.165, 1.54) is 0 Å². The number of aliphatic hydroxyl groups excluding tert-OH is 1. The molecule has 0 radical (unpaired) electrons. The highest BCUT2D eigenvalue weighted by Crippen LogP contribution is 2.31. The highest BCUT2D eigenvalue weighted by Gasteiger charge is 2.36. The summed E-state index contributed by atoms with van der Waals surface area (Å²) in [4.78, 5) is 0. The van der Waals surface area contributed by atoms with Crippen LogP contribution in [0.15, 0.2) is 23.8 Å². The zero-order valence-corrected chi connectivity index (χ0v) is 7.13. The first kappa shape index (κ1) is 8.90. The summed E-state index contributed by atoms with van der Waals surface area (Å²) in [5.41, 5.74) is 6.50. The van der Waals surface area contributed by atoms with Crippen molar-refractivity contribution in [3.63, 3.8) is 0 Å². The number of nitrogens with two attached hydrogens (primary N) is 1. The van der Waals surface area contributed by atoms with Crippen LogP contribution in [-0.4, -0.2) is 34.8 Å². The molecule has 4 nitrogen and oxygen atoms in total. The van der Waals surface area contributed by atoms with E-state index in [4.69, 9.17) is 20.7 Å². The summed E-state index contributed by atoms with van der Waals surface area (Å²) in [6.45, 7) is 0. The maximum absolute atomic E-state index is 8.78. The molecule has 1 aliphatic carbocycles. The Labute approximate surface area is 76.3 Å². The van der Waals surface area contributed by atoms with E-state index in [0.29, 0.717) is 6.42 Å². The van der Waals surface area contributed by atoms with Crippen LogP contribution in [0.4, 0.5) is 0 Å². The first-order valence-corrected chi connectivity index (χ1v) is 4.33. The second-order valence-corrected chi connectivity index (χ2v) is 3.45. The van der Waals surface area contributed by atoms with E-state index < -0.39 is 12.3 Å². The molecule has 3 atom stereocenters. The van der Waals surface area contributed by atoms with Crippen LogP contribution in [0.2, 0.25) is 0 Å². The van der Waals surface area contributed by atoms with Crippen molar-refractivity contribution in [3.8, 4) is 0 Å². The van der Waals surface area contributed by atoms with Crippen LogP contribution in [-0.2, 0) is 4.74 Å². The van der Waals surface area contributed by atoms with Gasteiger partial charge in [0.05, 0.1) is 6.04 Å². The van der Waals surface area contributed by atoms with Crippen LogP contribution in [0.3, 0.4) is 0 Å². The first-order chi connectivity index (χ1) is 6.16. The fraction of sp³-hybridized carbons (Fsp3) is 0.556. The first-order valence-electron chi connectivity index (χ1n) is 4.33. The topological polar surface area (TPSA) is 79.0 Å². The average Bonchev–Trinajstić information content (AvgIpc) is 2.81. The number of rotatable bonds is 3. The molecular weight excluding hydrogens is 170 g/mol. The predicted molar refractivity (Wildman–Crippen MR) is 46.7 cm³/mol. The monoisotopic (exact) mass is 183 g/mol. The predicted octanol–water partition coefficient (Wildman–Crippen LogP) is -0.722. The van der Waals surface area contributed by atoms with Crippen LogP contribution in [0.25, 0.3) is 0 Å². The number of aliphatic hydroxyl groups is 2. The molecule has 1 aliphatic heterocycles. The third kappa shape index (κ3) is 1.97. The average molecular weight is 183 g/mol. The van der Waals surface area contributed by atoms with Gasteiger partial charge in [0.2, 0.25) is 0 Å². The summed E-state index contributed by atoms with van der Waals surface area (Å²) in [6, 6.07) is -0.619. The van der Waals surface area contributed by atoms with Crippen molar-refractivity contribution in [2.24, 2.45) is 5.73 Å². The molecule has 0 bridgehead atoms. The fourth-order valence-electron chi connectivity index (χ4n) is 1.42. The number of epoxide rings is 1. The summed E-state index contributed by atoms with van der Waals surface area (Å²) in [7, 11) is 0. The summed E-state index contributed by atoms with van der Waals surface area (Å²) < 4.78 is 5.22. The summed E-state index contributed by atoms with van der Waals surface area (Å²) in [5, 5.41) is 17.6. The Morgan fingerprint density at radius 1 is 1.46 bits per heavy atom. The molecule has 72 valence electrons. The van der Waals surface area contributed by atoms with E-state index in [9.17, 15) is 0 Å². The maximum Gasteiger partial charge on any atom is 0.167 e. The lowest BCUT2D eigenvalue weighted by Gasteiger charge is -2.14. The Hall–Kier alpha value is -0.680. The van der Waals surface area contributed by atoms with Gasteiger partial charge in [-0.05, 0) is 18.1 Å². The molecule has 4 N–H and O–H groups in total. The van der Waals surface area contributed by atoms with Gasteiger partial charge >= 0.3 is 0 Å². The van der Waals surface area contributed by atoms with Gasteiger partial charge in [-0.2, -0.15) is 0 Å². The van der Waals surface area contributed by atoms with Crippen molar-refractivity contribution in [3.05, 3.63) is 23.8 Å². The smallest absolute Gasteiger partial charge is 0.167 e. The molecule has 0 spiro atoms. The van der Waals surface area contributed by atoms with Crippen molar-refractivity contribution in [2.75, 3.05) is 0 Å². The highest BCUT2D eigenvalue weighted by molar-refractivity contribution is 5.32. The zero-order valence-electron chi connectivity index (χ0n) is 7.13. The van der Waals surface area contributed by atoms with Crippen LogP contribution >= 0.6 is 0 Å². The third-order valence-electron chi connectivity index (χ3n) is 2.29. The van der Waals surface area contributed by atoms with Crippen LogP contribution in [0.1, 0.15) is 6.42 Å². The van der Waals surface area contributed by atoms with E-state index in [0.717, 1.165) is 5.57 Å². The lowest BCUT2D eigenvalue weighted by atomic mass is 10.0. The van der Waals surface area contributed by atoms with Crippen LogP contribution in [0, 0.1) is 0 Å². The largest absolute Gasteiger partial charge is 0.367 e. The Kier molecular flexibility index (Phi) is 2.21. The zero-order chi connectivity index (χ0) is 9.42. The Morgan fingerprint density at radius 2 is 2.23 bits per heavy atom. The van der Waals surface area contributed by atoms with E-state index in [-0.39, 0.29) is 12.2 Å². The molecule has 0 aromatic carbocycles. The molecule has 1 saturated heterocycles. The Balaban J connectivity index is 1.91. The molecule has 2 aliphatic rings. The summed E-state index contributed by atoms with van der Waals surface area (Å²) in [6.07, 6.45) is 5.34. The molecular formula is C9H13NO3. The van der Waals surface area contributed by atoms with Gasteiger partial charge in [0.25, 0.3) is 0 Å². The second kappa shape index (κ2) is 3.23. The second-order valence-electron chi connectivity index (χ2n) is 3.45. The van der Waals surface area contributed by atoms with Gasteiger partial charge in [0, 0.05) is 0 Å². The minimum atomic E-state index is -1.45. The molecule has 0 amide bonds. The fourth-order valence-corrected chi connectivity index (χ4v) is 1.42. The highest BCUT2D eigenvalue weighted by atomic mass is 16.6. The van der Waals surface area contributed by atoms with Gasteiger partial charge in [-0.3, -0.25) is 0 Å². The van der Waals surface area contributed by atoms with Crippen LogP contribution in [0.5, 0.6) is 0 Å². The number of hydrogen-bond donors (Lipinski definition) is 3. The molecule has 0 unspecified atom stereocenters. The van der Waals surface area contributed by atoms with Crippen molar-refractivity contribution < 1.29 is 14.9 Å². The molecule has 1 heterocycles. The number of hydrogen-bond acceptors (Lipinski definition) is 4. The van der Waals surface area contributed by atoms with Crippen molar-refractivity contribution in [1.29, 1.82) is 0 Å². The number of ether oxygens (including phenoxy) is 1. The van der Waals surface area contributed by atoms with Crippen LogP contribution < -0.4 is 5.73 Å². The van der Waals surface area contributed by atoms with Gasteiger partial charge in [-0.15, -0.1) is 0 Å². The maximum atomic E-state index is 8.78. The quantitative estimate of drug-likeness (QED) is 0.398. The molecule has 0 aromatic heterocycles. The van der Waals surface area contributed by atoms with E-state index >= 15 is 0 Å². The number of allylic oxidation sites excluding steroid dienone is 1. The number of fused-ring (bicyclic) bond motifs is 1. The van der Waals surface area contributed by atoms with E-state index in [1.807, 2.05) is 18.2 Å². The molecule has 1 fully saturated rings.